The van der Waals surface area contributed by atoms with Crippen molar-refractivity contribution in [3.05, 3.63) is 89.5 Å². The van der Waals surface area contributed by atoms with E-state index in [-0.39, 0.29) is 29.3 Å². The summed E-state index contributed by atoms with van der Waals surface area (Å²) in [5, 5.41) is 14.6. The van der Waals surface area contributed by atoms with Crippen LogP contribution in [0.2, 0.25) is 0 Å². The van der Waals surface area contributed by atoms with Crippen molar-refractivity contribution in [3.8, 4) is 5.75 Å². The Labute approximate surface area is 192 Å². The van der Waals surface area contributed by atoms with E-state index in [1.165, 1.54) is 23.8 Å². The zero-order valence-corrected chi connectivity index (χ0v) is 18.5. The van der Waals surface area contributed by atoms with Crippen molar-refractivity contribution in [3.63, 3.8) is 0 Å². The van der Waals surface area contributed by atoms with Gasteiger partial charge in [-0.15, -0.1) is 0 Å². The largest absolute Gasteiger partial charge is 0.484 e. The molecule has 7 heteroatoms. The minimum Gasteiger partial charge on any atom is -0.484 e. The Morgan fingerprint density at radius 1 is 0.939 bits per heavy atom. The van der Waals surface area contributed by atoms with Gasteiger partial charge in [-0.05, 0) is 60.4 Å². The number of ether oxygens (including phenoxy) is 1. The number of carbonyl (C=O) groups excluding carboxylic acids is 2. The maximum atomic E-state index is 12.6. The van der Waals surface area contributed by atoms with Crippen LogP contribution >= 0.6 is 0 Å². The summed E-state index contributed by atoms with van der Waals surface area (Å²) < 4.78 is 5.55. The number of anilines is 2. The molecule has 1 atom stereocenters. The second-order valence-corrected chi connectivity index (χ2v) is 7.60. The van der Waals surface area contributed by atoms with E-state index < -0.39 is 11.9 Å². The number of aromatic carboxylic acids is 1. The van der Waals surface area contributed by atoms with Gasteiger partial charge in [0.2, 0.25) is 0 Å². The molecule has 0 saturated carbocycles. The van der Waals surface area contributed by atoms with Crippen LogP contribution in [0.1, 0.15) is 52.5 Å². The summed E-state index contributed by atoms with van der Waals surface area (Å²) in [5.74, 6) is -0.930. The first kappa shape index (κ1) is 23.5. The lowest BCUT2D eigenvalue weighted by Gasteiger charge is -2.12. The lowest BCUT2D eigenvalue weighted by molar-refractivity contribution is -0.118. The number of hydrogen-bond donors (Lipinski definition) is 3. The third kappa shape index (κ3) is 6.43. The number of para-hydroxylation sites is 1. The van der Waals surface area contributed by atoms with Crippen LogP contribution in [0.3, 0.4) is 0 Å². The van der Waals surface area contributed by atoms with E-state index in [0.29, 0.717) is 17.4 Å². The summed E-state index contributed by atoms with van der Waals surface area (Å²) in [6, 6.07) is 20.2. The summed E-state index contributed by atoms with van der Waals surface area (Å²) in [5.41, 5.74) is 2.10. The van der Waals surface area contributed by atoms with Crippen LogP contribution in [0.25, 0.3) is 0 Å². The molecule has 3 aromatic carbocycles. The van der Waals surface area contributed by atoms with Gasteiger partial charge in [0.05, 0.1) is 11.3 Å². The predicted molar refractivity (Wildman–Crippen MR) is 127 cm³/mol. The van der Waals surface area contributed by atoms with Gasteiger partial charge in [-0.2, -0.15) is 0 Å². The third-order valence-corrected chi connectivity index (χ3v) is 5.25. The Kier molecular flexibility index (Phi) is 7.81. The SMILES string of the molecule is CC[C@H](C)c1ccc(OCC(=O)Nc2cccc(C(=O)Nc3ccccc3C(=O)O)c2)cc1. The number of benzene rings is 3. The Bertz CT molecular complexity index is 1140. The Balaban J connectivity index is 1.59. The Morgan fingerprint density at radius 3 is 2.36 bits per heavy atom. The molecule has 0 fully saturated rings. The van der Waals surface area contributed by atoms with Crippen LogP contribution in [0, 0.1) is 0 Å². The molecule has 0 saturated heterocycles. The van der Waals surface area contributed by atoms with Gasteiger partial charge in [-0.1, -0.05) is 44.2 Å². The zero-order chi connectivity index (χ0) is 23.8. The molecule has 33 heavy (non-hydrogen) atoms. The van der Waals surface area contributed by atoms with Crippen LogP contribution in [0.15, 0.2) is 72.8 Å². The molecule has 0 spiro atoms. The first-order valence-corrected chi connectivity index (χ1v) is 10.6. The molecule has 0 unspecified atom stereocenters. The maximum Gasteiger partial charge on any atom is 0.337 e. The molecular weight excluding hydrogens is 420 g/mol. The van der Waals surface area contributed by atoms with Gasteiger partial charge in [0.25, 0.3) is 11.8 Å². The topological polar surface area (TPSA) is 105 Å². The quantitative estimate of drug-likeness (QED) is 0.421. The summed E-state index contributed by atoms with van der Waals surface area (Å²) in [4.78, 5) is 36.2. The van der Waals surface area contributed by atoms with Crippen molar-refractivity contribution in [1.29, 1.82) is 0 Å². The first-order chi connectivity index (χ1) is 15.9. The van der Waals surface area contributed by atoms with Crippen LogP contribution in [-0.2, 0) is 4.79 Å². The zero-order valence-electron chi connectivity index (χ0n) is 18.5. The summed E-state index contributed by atoms with van der Waals surface area (Å²) in [6.45, 7) is 4.11. The third-order valence-electron chi connectivity index (χ3n) is 5.25. The molecule has 0 aromatic heterocycles. The summed E-state index contributed by atoms with van der Waals surface area (Å²) in [6.07, 6.45) is 1.05. The number of carboxylic acid groups (broad SMARTS) is 1. The fourth-order valence-electron chi connectivity index (χ4n) is 3.19. The Morgan fingerprint density at radius 2 is 1.67 bits per heavy atom. The molecule has 0 heterocycles. The Hall–Kier alpha value is -4.13. The minimum absolute atomic E-state index is 0.00959. The number of carboxylic acids is 1. The van der Waals surface area contributed by atoms with E-state index >= 15 is 0 Å². The van der Waals surface area contributed by atoms with E-state index in [4.69, 9.17) is 4.74 Å². The highest BCUT2D eigenvalue weighted by Crippen LogP contribution is 2.22. The van der Waals surface area contributed by atoms with Gasteiger partial charge in [0.15, 0.2) is 6.61 Å². The summed E-state index contributed by atoms with van der Waals surface area (Å²) in [7, 11) is 0. The van der Waals surface area contributed by atoms with E-state index in [1.54, 1.807) is 30.3 Å². The monoisotopic (exact) mass is 446 g/mol. The highest BCUT2D eigenvalue weighted by Gasteiger charge is 2.14. The van der Waals surface area contributed by atoms with Crippen molar-refractivity contribution >= 4 is 29.2 Å². The average Bonchev–Trinajstić information content (AvgIpc) is 2.83. The van der Waals surface area contributed by atoms with Gasteiger partial charge in [-0.25, -0.2) is 4.79 Å². The van der Waals surface area contributed by atoms with Crippen LogP contribution < -0.4 is 15.4 Å². The molecule has 0 aliphatic heterocycles. The van der Waals surface area contributed by atoms with E-state index in [2.05, 4.69) is 24.5 Å². The lowest BCUT2D eigenvalue weighted by Crippen LogP contribution is -2.20. The fourth-order valence-corrected chi connectivity index (χ4v) is 3.19. The van der Waals surface area contributed by atoms with Gasteiger partial charge in [0.1, 0.15) is 5.75 Å². The molecule has 170 valence electrons. The van der Waals surface area contributed by atoms with Crippen molar-refractivity contribution in [1.82, 2.24) is 0 Å². The smallest absolute Gasteiger partial charge is 0.337 e. The predicted octanol–water partition coefficient (Wildman–Crippen LogP) is 5.17. The lowest BCUT2D eigenvalue weighted by atomic mass is 9.99. The number of carbonyl (C=O) groups is 3. The van der Waals surface area contributed by atoms with Gasteiger partial charge in [0, 0.05) is 11.3 Å². The molecule has 0 radical (unpaired) electrons. The molecule has 7 nitrogen and oxygen atoms in total. The highest BCUT2D eigenvalue weighted by atomic mass is 16.5. The standard InChI is InChI=1S/C26H26N2O5/c1-3-17(2)18-11-13-21(14-12-18)33-16-24(29)27-20-8-6-7-19(15-20)25(30)28-23-10-5-4-9-22(23)26(31)32/h4-15,17H,3,16H2,1-2H3,(H,27,29)(H,28,30)(H,31,32)/t17-/m0/s1. The van der Waals surface area contributed by atoms with E-state index in [1.807, 2.05) is 24.3 Å². The number of amides is 2. The van der Waals surface area contributed by atoms with Gasteiger partial charge < -0.3 is 20.5 Å². The van der Waals surface area contributed by atoms with Crippen molar-refractivity contribution < 1.29 is 24.2 Å². The molecule has 3 rings (SSSR count). The first-order valence-electron chi connectivity index (χ1n) is 10.6. The molecule has 0 aliphatic rings. The minimum atomic E-state index is -1.14. The summed E-state index contributed by atoms with van der Waals surface area (Å²) >= 11 is 0. The number of rotatable bonds is 9. The van der Waals surface area contributed by atoms with Crippen LogP contribution in [0.5, 0.6) is 5.75 Å². The fraction of sp³-hybridized carbons (Fsp3) is 0.192. The van der Waals surface area contributed by atoms with Crippen molar-refractivity contribution in [2.45, 2.75) is 26.2 Å². The van der Waals surface area contributed by atoms with E-state index in [9.17, 15) is 19.5 Å². The van der Waals surface area contributed by atoms with E-state index in [0.717, 1.165) is 6.42 Å². The normalized spacial score (nSPS) is 11.3. The molecule has 3 aromatic rings. The maximum absolute atomic E-state index is 12.6. The molecule has 0 aliphatic carbocycles. The molecular formula is C26H26N2O5. The van der Waals surface area contributed by atoms with Crippen molar-refractivity contribution in [2.24, 2.45) is 0 Å². The molecule has 3 N–H and O–H groups in total. The van der Waals surface area contributed by atoms with Crippen LogP contribution in [0.4, 0.5) is 11.4 Å². The second kappa shape index (κ2) is 10.9. The van der Waals surface area contributed by atoms with Crippen molar-refractivity contribution in [2.75, 3.05) is 17.2 Å². The van der Waals surface area contributed by atoms with Gasteiger partial charge >= 0.3 is 5.97 Å². The second-order valence-electron chi connectivity index (χ2n) is 7.60. The average molecular weight is 447 g/mol. The number of nitrogens with one attached hydrogen (secondary N) is 2. The molecule has 0 bridgehead atoms. The molecule has 2 amide bonds. The highest BCUT2D eigenvalue weighted by molar-refractivity contribution is 6.08. The number of hydrogen-bond acceptors (Lipinski definition) is 4. The van der Waals surface area contributed by atoms with Gasteiger partial charge in [-0.3, -0.25) is 9.59 Å². The van der Waals surface area contributed by atoms with Crippen LogP contribution in [-0.4, -0.2) is 29.5 Å².